The number of hydrogen-bond acceptors (Lipinski definition) is 7. The zero-order valence-corrected chi connectivity index (χ0v) is 22.1. The monoisotopic (exact) mass is 546 g/mol. The maximum Gasteiger partial charge on any atom is 0.235 e. The lowest BCUT2D eigenvalue weighted by Gasteiger charge is -2.45. The van der Waals surface area contributed by atoms with Crippen molar-refractivity contribution in [3.63, 3.8) is 0 Å². The molecule has 37 heavy (non-hydrogen) atoms. The molecule has 1 aliphatic rings. The van der Waals surface area contributed by atoms with Gasteiger partial charge in [-0.05, 0) is 16.7 Å². The smallest absolute Gasteiger partial charge is 0.235 e. The normalized spacial score (nSPS) is 24.1. The van der Waals surface area contributed by atoms with Crippen LogP contribution in [-0.4, -0.2) is 52.0 Å². The SMILES string of the molecule is COC1O[C@@H](CS(=O)(=O)Cl)C(OCc2ccccc2)[C@H](OCc2ccccc2)[C@@H]1OCc1ccccc1. The maximum absolute atomic E-state index is 12.1. The van der Waals surface area contributed by atoms with Crippen molar-refractivity contribution in [1.29, 1.82) is 0 Å². The molecule has 1 fully saturated rings. The van der Waals surface area contributed by atoms with Gasteiger partial charge in [0.05, 0.1) is 25.6 Å². The Hall–Kier alpha value is -2.30. The summed E-state index contributed by atoms with van der Waals surface area (Å²) >= 11 is 0. The molecule has 9 heteroatoms. The van der Waals surface area contributed by atoms with E-state index < -0.39 is 45.5 Å². The first kappa shape index (κ1) is 27.7. The average Bonchev–Trinajstić information content (AvgIpc) is 2.91. The molecule has 0 aromatic heterocycles. The highest BCUT2D eigenvalue weighted by atomic mass is 35.7. The minimum Gasteiger partial charge on any atom is -0.368 e. The third kappa shape index (κ3) is 8.35. The Morgan fingerprint density at radius 2 is 1.08 bits per heavy atom. The van der Waals surface area contributed by atoms with Gasteiger partial charge in [-0.15, -0.1) is 0 Å². The van der Waals surface area contributed by atoms with Crippen LogP contribution in [0.25, 0.3) is 0 Å². The van der Waals surface area contributed by atoms with E-state index in [1.807, 2.05) is 91.0 Å². The molecule has 0 spiro atoms. The molecular weight excluding hydrogens is 516 g/mol. The molecule has 198 valence electrons. The maximum atomic E-state index is 12.1. The van der Waals surface area contributed by atoms with Crippen molar-refractivity contribution in [2.24, 2.45) is 0 Å². The van der Waals surface area contributed by atoms with E-state index in [0.717, 1.165) is 16.7 Å². The largest absolute Gasteiger partial charge is 0.368 e. The first-order chi connectivity index (χ1) is 17.9. The fraction of sp³-hybridized carbons (Fsp3) is 0.357. The van der Waals surface area contributed by atoms with Gasteiger partial charge in [0.15, 0.2) is 6.29 Å². The Balaban J connectivity index is 1.63. The van der Waals surface area contributed by atoms with Crippen LogP contribution in [0.15, 0.2) is 91.0 Å². The summed E-state index contributed by atoms with van der Waals surface area (Å²) in [7, 11) is 3.22. The van der Waals surface area contributed by atoms with Gasteiger partial charge >= 0.3 is 0 Å². The van der Waals surface area contributed by atoms with Crippen LogP contribution < -0.4 is 0 Å². The van der Waals surface area contributed by atoms with E-state index in [4.69, 9.17) is 34.4 Å². The molecule has 0 radical (unpaired) electrons. The van der Waals surface area contributed by atoms with Crippen molar-refractivity contribution in [3.8, 4) is 0 Å². The van der Waals surface area contributed by atoms with Crippen molar-refractivity contribution in [3.05, 3.63) is 108 Å². The van der Waals surface area contributed by atoms with Crippen LogP contribution >= 0.6 is 10.7 Å². The molecule has 1 saturated heterocycles. The summed E-state index contributed by atoms with van der Waals surface area (Å²) in [5, 5.41) is 0. The Morgan fingerprint density at radius 3 is 1.49 bits per heavy atom. The zero-order chi connectivity index (χ0) is 26.1. The summed E-state index contributed by atoms with van der Waals surface area (Å²) in [6.07, 6.45) is -4.05. The Bertz CT molecular complexity index is 1180. The van der Waals surface area contributed by atoms with Crippen molar-refractivity contribution in [1.82, 2.24) is 0 Å². The van der Waals surface area contributed by atoms with Gasteiger partial charge in [-0.2, -0.15) is 0 Å². The number of halogens is 1. The van der Waals surface area contributed by atoms with Gasteiger partial charge < -0.3 is 23.7 Å². The molecule has 0 saturated carbocycles. The van der Waals surface area contributed by atoms with Crippen molar-refractivity contribution in [2.75, 3.05) is 12.9 Å². The minimum atomic E-state index is -3.92. The number of rotatable bonds is 12. The standard InChI is InChI=1S/C28H31ClO7S/c1-32-28-27(35-19-23-15-9-4-10-16-23)26(34-18-22-13-7-3-8-14-22)25(24(36-28)20-37(29,30)31)33-17-21-11-5-2-6-12-21/h2-16,24-28H,17-20H2,1H3/t24-,25?,26-,27-,28?/m0/s1. The Morgan fingerprint density at radius 1 is 0.676 bits per heavy atom. The summed E-state index contributed by atoms with van der Waals surface area (Å²) in [6, 6.07) is 29.0. The lowest BCUT2D eigenvalue weighted by Crippen LogP contribution is -2.61. The van der Waals surface area contributed by atoms with Gasteiger partial charge in [0, 0.05) is 17.8 Å². The molecule has 3 aromatic carbocycles. The van der Waals surface area contributed by atoms with E-state index in [0.29, 0.717) is 0 Å². The average molecular weight is 547 g/mol. The van der Waals surface area contributed by atoms with E-state index in [1.165, 1.54) is 7.11 Å². The van der Waals surface area contributed by atoms with E-state index in [9.17, 15) is 8.42 Å². The highest BCUT2D eigenvalue weighted by Gasteiger charge is 2.49. The number of ether oxygens (including phenoxy) is 5. The molecule has 0 amide bonds. The van der Waals surface area contributed by atoms with Crippen LogP contribution in [0.3, 0.4) is 0 Å². The van der Waals surface area contributed by atoms with Crippen molar-refractivity contribution < 1.29 is 32.1 Å². The molecule has 5 atom stereocenters. The molecule has 0 N–H and O–H groups in total. The third-order valence-electron chi connectivity index (χ3n) is 6.04. The van der Waals surface area contributed by atoms with Crippen LogP contribution in [0.5, 0.6) is 0 Å². The lowest BCUT2D eigenvalue weighted by molar-refractivity contribution is -0.313. The summed E-state index contributed by atoms with van der Waals surface area (Å²) in [5.74, 6) is -0.468. The van der Waals surface area contributed by atoms with E-state index in [1.54, 1.807) is 0 Å². The van der Waals surface area contributed by atoms with Gasteiger partial charge in [-0.1, -0.05) is 91.0 Å². The number of benzene rings is 3. The topological polar surface area (TPSA) is 80.3 Å². The lowest BCUT2D eigenvalue weighted by atomic mass is 9.98. The second-order valence-electron chi connectivity index (χ2n) is 8.77. The van der Waals surface area contributed by atoms with Crippen molar-refractivity contribution in [2.45, 2.75) is 50.5 Å². The van der Waals surface area contributed by atoms with Crippen LogP contribution in [0.2, 0.25) is 0 Å². The fourth-order valence-corrected chi connectivity index (χ4v) is 5.30. The van der Waals surface area contributed by atoms with E-state index >= 15 is 0 Å². The highest BCUT2D eigenvalue weighted by Crippen LogP contribution is 2.32. The molecule has 0 aliphatic carbocycles. The molecule has 7 nitrogen and oxygen atoms in total. The van der Waals surface area contributed by atoms with Gasteiger partial charge in [0.1, 0.15) is 24.4 Å². The Labute approximate surface area is 222 Å². The van der Waals surface area contributed by atoms with Crippen LogP contribution in [0.4, 0.5) is 0 Å². The summed E-state index contributed by atoms with van der Waals surface area (Å²) in [6.45, 7) is 0.768. The Kier molecular flexibility index (Phi) is 10.1. The fourth-order valence-electron chi connectivity index (χ4n) is 4.27. The van der Waals surface area contributed by atoms with Crippen LogP contribution in [0, 0.1) is 0 Å². The second-order valence-corrected chi connectivity index (χ2v) is 11.6. The molecule has 2 unspecified atom stereocenters. The summed E-state index contributed by atoms with van der Waals surface area (Å²) in [5.41, 5.74) is 2.84. The quantitative estimate of drug-likeness (QED) is 0.305. The molecule has 1 aliphatic heterocycles. The predicted molar refractivity (Wildman–Crippen MR) is 140 cm³/mol. The van der Waals surface area contributed by atoms with Crippen LogP contribution in [-0.2, 0) is 52.6 Å². The predicted octanol–water partition coefficient (Wildman–Crippen LogP) is 4.68. The van der Waals surface area contributed by atoms with Crippen LogP contribution in [0.1, 0.15) is 16.7 Å². The molecule has 0 bridgehead atoms. The van der Waals surface area contributed by atoms with Gasteiger partial charge in [0.25, 0.3) is 0 Å². The van der Waals surface area contributed by atoms with Crippen molar-refractivity contribution >= 4 is 19.7 Å². The second kappa shape index (κ2) is 13.5. The molecule has 4 rings (SSSR count). The minimum absolute atomic E-state index is 0.224. The molecule has 1 heterocycles. The van der Waals surface area contributed by atoms with Gasteiger partial charge in [-0.25, -0.2) is 8.42 Å². The van der Waals surface area contributed by atoms with E-state index in [2.05, 4.69) is 0 Å². The summed E-state index contributed by atoms with van der Waals surface area (Å²) < 4.78 is 54.9. The first-order valence-corrected chi connectivity index (χ1v) is 14.5. The first-order valence-electron chi connectivity index (χ1n) is 12.0. The number of methoxy groups -OCH3 is 1. The molecule has 3 aromatic rings. The zero-order valence-electron chi connectivity index (χ0n) is 20.5. The summed E-state index contributed by atoms with van der Waals surface area (Å²) in [4.78, 5) is 0. The van der Waals surface area contributed by atoms with E-state index in [-0.39, 0.29) is 19.8 Å². The highest BCUT2D eigenvalue weighted by molar-refractivity contribution is 8.13. The third-order valence-corrected chi connectivity index (χ3v) is 7.15. The number of hydrogen-bond donors (Lipinski definition) is 0. The van der Waals surface area contributed by atoms with Gasteiger partial charge in [-0.3, -0.25) is 0 Å². The molecular formula is C28H31ClO7S. The van der Waals surface area contributed by atoms with Gasteiger partial charge in [0.2, 0.25) is 9.05 Å².